The van der Waals surface area contributed by atoms with Crippen LogP contribution < -0.4 is 0 Å². The highest BCUT2D eigenvalue weighted by atomic mass is 15.0. The van der Waals surface area contributed by atoms with E-state index in [1.807, 2.05) is 6.20 Å². The van der Waals surface area contributed by atoms with Gasteiger partial charge in [-0.15, -0.1) is 0 Å². The summed E-state index contributed by atoms with van der Waals surface area (Å²) in [6.45, 7) is 0. The number of hydrogen-bond acceptors (Lipinski definition) is 1. The summed E-state index contributed by atoms with van der Waals surface area (Å²) >= 11 is 0. The van der Waals surface area contributed by atoms with Gasteiger partial charge in [0.05, 0.1) is 16.7 Å². The molecular weight excluding hydrogens is 665 g/mol. The Bertz CT molecular complexity index is 3160. The van der Waals surface area contributed by atoms with E-state index < -0.39 is 0 Å². The molecule has 0 saturated heterocycles. The van der Waals surface area contributed by atoms with Crippen molar-refractivity contribution >= 4 is 54.1 Å². The van der Waals surface area contributed by atoms with E-state index in [-0.39, 0.29) is 0 Å². The van der Waals surface area contributed by atoms with E-state index in [0.29, 0.717) is 0 Å². The number of fused-ring (bicyclic) bond motifs is 7. The van der Waals surface area contributed by atoms with Crippen LogP contribution in [0.4, 0.5) is 0 Å². The van der Waals surface area contributed by atoms with Gasteiger partial charge in [0.15, 0.2) is 0 Å². The van der Waals surface area contributed by atoms with E-state index in [2.05, 4.69) is 205 Å². The van der Waals surface area contributed by atoms with Crippen molar-refractivity contribution in [2.24, 2.45) is 0 Å². The number of pyridine rings is 1. The molecule has 11 rings (SSSR count). The second kappa shape index (κ2) is 12.7. The van der Waals surface area contributed by atoms with Crippen LogP contribution in [-0.4, -0.2) is 9.55 Å². The molecule has 0 bridgehead atoms. The fraction of sp³-hybridized carbons (Fsp3) is 0. The molecular formula is C53H34N2. The molecule has 0 atom stereocenters. The van der Waals surface area contributed by atoms with E-state index >= 15 is 0 Å². The minimum Gasteiger partial charge on any atom is -0.309 e. The maximum Gasteiger partial charge on any atom is 0.0714 e. The fourth-order valence-corrected chi connectivity index (χ4v) is 8.69. The quantitative estimate of drug-likeness (QED) is 0.164. The van der Waals surface area contributed by atoms with Gasteiger partial charge in [0.25, 0.3) is 0 Å². The van der Waals surface area contributed by atoms with Crippen molar-refractivity contribution in [3.63, 3.8) is 0 Å². The van der Waals surface area contributed by atoms with Gasteiger partial charge in [-0.05, 0) is 85.1 Å². The third-order valence-electron chi connectivity index (χ3n) is 11.2. The lowest BCUT2D eigenvalue weighted by Crippen LogP contribution is -1.94. The molecule has 0 amide bonds. The number of hydrogen-bond donors (Lipinski definition) is 0. The van der Waals surface area contributed by atoms with Crippen LogP contribution in [0, 0.1) is 0 Å². The van der Waals surface area contributed by atoms with Gasteiger partial charge in [0.1, 0.15) is 0 Å². The summed E-state index contributed by atoms with van der Waals surface area (Å²) in [7, 11) is 0. The Hall–Kier alpha value is -7.29. The van der Waals surface area contributed by atoms with Crippen LogP contribution in [0.15, 0.2) is 206 Å². The van der Waals surface area contributed by atoms with Crippen molar-refractivity contribution in [1.29, 1.82) is 0 Å². The highest BCUT2D eigenvalue weighted by molar-refractivity contribution is 6.21. The predicted molar refractivity (Wildman–Crippen MR) is 233 cm³/mol. The lowest BCUT2D eigenvalue weighted by Gasteiger charge is -2.17. The van der Waals surface area contributed by atoms with Crippen molar-refractivity contribution in [1.82, 2.24) is 9.55 Å². The Balaban J connectivity index is 0.975. The molecule has 2 heterocycles. The summed E-state index contributed by atoms with van der Waals surface area (Å²) in [5.41, 5.74) is 12.9. The Morgan fingerprint density at radius 1 is 0.327 bits per heavy atom. The van der Waals surface area contributed by atoms with Gasteiger partial charge in [0.2, 0.25) is 0 Å². The monoisotopic (exact) mass is 698 g/mol. The van der Waals surface area contributed by atoms with Gasteiger partial charge in [-0.1, -0.05) is 170 Å². The van der Waals surface area contributed by atoms with Gasteiger partial charge in [0, 0.05) is 39.2 Å². The smallest absolute Gasteiger partial charge is 0.0714 e. The summed E-state index contributed by atoms with van der Waals surface area (Å²) in [4.78, 5) is 5.12. The van der Waals surface area contributed by atoms with Crippen LogP contribution in [0.3, 0.4) is 0 Å². The average molecular weight is 699 g/mol. The molecule has 9 aromatic carbocycles. The molecule has 55 heavy (non-hydrogen) atoms. The maximum atomic E-state index is 5.12. The second-order valence-electron chi connectivity index (χ2n) is 14.3. The molecule has 0 fully saturated rings. The summed E-state index contributed by atoms with van der Waals surface area (Å²) in [6.07, 6.45) is 2.02. The summed E-state index contributed by atoms with van der Waals surface area (Å²) in [6, 6.07) is 72.3. The molecule has 0 aliphatic rings. The predicted octanol–water partition coefficient (Wildman–Crippen LogP) is 14.3. The lowest BCUT2D eigenvalue weighted by atomic mass is 9.87. The Kier molecular flexibility index (Phi) is 7.21. The van der Waals surface area contributed by atoms with Gasteiger partial charge >= 0.3 is 0 Å². The Labute approximate surface area is 319 Å². The lowest BCUT2D eigenvalue weighted by molar-refractivity contribution is 1.19. The largest absolute Gasteiger partial charge is 0.309 e. The Morgan fingerprint density at radius 2 is 0.873 bits per heavy atom. The third kappa shape index (κ3) is 5.07. The van der Waals surface area contributed by atoms with E-state index in [0.717, 1.165) is 16.8 Å². The molecule has 0 N–H and O–H groups in total. The molecule has 2 nitrogen and oxygen atoms in total. The van der Waals surface area contributed by atoms with E-state index in [9.17, 15) is 0 Å². The second-order valence-corrected chi connectivity index (χ2v) is 14.3. The molecule has 0 radical (unpaired) electrons. The topological polar surface area (TPSA) is 17.8 Å². The molecule has 0 unspecified atom stereocenters. The van der Waals surface area contributed by atoms with Crippen LogP contribution in [0.1, 0.15) is 0 Å². The van der Waals surface area contributed by atoms with Crippen LogP contribution in [0.2, 0.25) is 0 Å². The Morgan fingerprint density at radius 3 is 1.53 bits per heavy atom. The zero-order valence-electron chi connectivity index (χ0n) is 30.0. The number of benzene rings is 9. The number of nitrogens with zero attached hydrogens (tertiary/aromatic N) is 2. The summed E-state index contributed by atoms with van der Waals surface area (Å²) in [5.74, 6) is 0. The van der Waals surface area contributed by atoms with E-state index in [1.54, 1.807) is 0 Å². The SMILES string of the molecule is c1ccc(-c2c3ccccc3c(-c3ccc(-c4ccc(-c5ccc6c(c5)c5ccc7ccccc7c5n6-c5ccccc5)cc4)cn3)c3ccccc23)cc1. The zero-order valence-corrected chi connectivity index (χ0v) is 30.0. The molecule has 256 valence electrons. The minimum absolute atomic E-state index is 0.975. The summed E-state index contributed by atoms with van der Waals surface area (Å²) in [5, 5.41) is 9.91. The standard InChI is InChI=1S/C53H34N2/c1-3-14-38(15-4-1)51-43-19-9-11-21-45(43)52(46-22-12-10-20-44(46)51)49-31-28-40(34-54-49)36-25-23-35(24-26-36)39-29-32-50-48(33-39)47-30-27-37-13-7-8-18-42(37)53(47)55(50)41-16-5-2-6-17-41/h1-34H. The molecule has 2 heteroatoms. The van der Waals surface area contributed by atoms with Crippen molar-refractivity contribution in [2.75, 3.05) is 0 Å². The van der Waals surface area contributed by atoms with Crippen LogP contribution in [0.25, 0.3) is 104 Å². The van der Waals surface area contributed by atoms with E-state index in [1.165, 1.54) is 87.6 Å². The van der Waals surface area contributed by atoms with Crippen molar-refractivity contribution < 1.29 is 0 Å². The highest BCUT2D eigenvalue weighted by Crippen LogP contribution is 2.43. The number of aromatic nitrogens is 2. The molecule has 2 aromatic heterocycles. The molecule has 0 aliphatic heterocycles. The van der Waals surface area contributed by atoms with Gasteiger partial charge in [-0.3, -0.25) is 4.98 Å². The maximum absolute atomic E-state index is 5.12. The molecule has 0 saturated carbocycles. The van der Waals surface area contributed by atoms with Crippen LogP contribution in [0.5, 0.6) is 0 Å². The minimum atomic E-state index is 0.975. The van der Waals surface area contributed by atoms with Crippen molar-refractivity contribution in [3.05, 3.63) is 206 Å². The fourth-order valence-electron chi connectivity index (χ4n) is 8.69. The highest BCUT2D eigenvalue weighted by Gasteiger charge is 2.18. The normalized spacial score (nSPS) is 11.6. The molecule has 0 aliphatic carbocycles. The first kappa shape index (κ1) is 31.3. The van der Waals surface area contributed by atoms with Crippen molar-refractivity contribution in [3.8, 4) is 50.3 Å². The van der Waals surface area contributed by atoms with Crippen LogP contribution >= 0.6 is 0 Å². The number of rotatable bonds is 5. The first-order valence-corrected chi connectivity index (χ1v) is 18.9. The van der Waals surface area contributed by atoms with Crippen LogP contribution in [-0.2, 0) is 0 Å². The molecule has 0 spiro atoms. The molecule has 11 aromatic rings. The zero-order chi connectivity index (χ0) is 36.3. The first-order valence-electron chi connectivity index (χ1n) is 18.9. The third-order valence-corrected chi connectivity index (χ3v) is 11.2. The summed E-state index contributed by atoms with van der Waals surface area (Å²) < 4.78 is 2.42. The van der Waals surface area contributed by atoms with Gasteiger partial charge in [-0.2, -0.15) is 0 Å². The van der Waals surface area contributed by atoms with Gasteiger partial charge < -0.3 is 4.57 Å². The van der Waals surface area contributed by atoms with Gasteiger partial charge in [-0.25, -0.2) is 0 Å². The number of para-hydroxylation sites is 1. The van der Waals surface area contributed by atoms with Crippen molar-refractivity contribution in [2.45, 2.75) is 0 Å². The average Bonchev–Trinajstić information content (AvgIpc) is 3.60. The van der Waals surface area contributed by atoms with E-state index in [4.69, 9.17) is 4.98 Å². The first-order chi connectivity index (χ1) is 27.3.